The first-order chi connectivity index (χ1) is 15.4. The first-order valence-corrected chi connectivity index (χ1v) is 11.0. The van der Waals surface area contributed by atoms with E-state index in [-0.39, 0.29) is 18.4 Å². The minimum atomic E-state index is -1.24. The summed E-state index contributed by atoms with van der Waals surface area (Å²) in [6, 6.07) is 15.3. The molecule has 1 fully saturated rings. The van der Waals surface area contributed by atoms with Gasteiger partial charge in [0.15, 0.2) is 0 Å². The van der Waals surface area contributed by atoms with Crippen LogP contribution in [0, 0.1) is 0 Å². The average molecular weight is 437 g/mol. The van der Waals surface area contributed by atoms with Crippen LogP contribution in [0.15, 0.2) is 48.5 Å². The highest BCUT2D eigenvalue weighted by molar-refractivity contribution is 5.91. The number of aliphatic carboxylic acids is 1. The number of likely N-dealkylation sites (tertiary alicyclic amines) is 1. The quantitative estimate of drug-likeness (QED) is 0.719. The molecule has 7 nitrogen and oxygen atoms in total. The average Bonchev–Trinajstić information content (AvgIpc) is 3.35. The molecule has 0 spiro atoms. The first kappa shape index (κ1) is 21.9. The normalized spacial score (nSPS) is 20.4. The third-order valence-corrected chi connectivity index (χ3v) is 6.71. The summed E-state index contributed by atoms with van der Waals surface area (Å²) < 4.78 is 5.55. The molecule has 2 aromatic carbocycles. The molecule has 1 saturated heterocycles. The molecule has 2 atom stereocenters. The molecule has 1 aliphatic carbocycles. The van der Waals surface area contributed by atoms with Gasteiger partial charge >= 0.3 is 12.1 Å². The summed E-state index contributed by atoms with van der Waals surface area (Å²) in [5.74, 6) is -1.49. The molecule has 0 aromatic heterocycles. The number of benzene rings is 2. The molecule has 2 aliphatic rings. The Bertz CT molecular complexity index is 1010. The minimum absolute atomic E-state index is 0.0715. The third kappa shape index (κ3) is 3.72. The van der Waals surface area contributed by atoms with E-state index in [1.54, 1.807) is 13.8 Å². The van der Waals surface area contributed by atoms with Crippen molar-refractivity contribution < 1.29 is 24.2 Å². The number of fused-ring (bicyclic) bond motifs is 3. The molecule has 32 heavy (non-hydrogen) atoms. The Hall–Kier alpha value is -3.35. The summed E-state index contributed by atoms with van der Waals surface area (Å²) in [4.78, 5) is 38.7. The molecule has 2 amide bonds. The van der Waals surface area contributed by atoms with Crippen molar-refractivity contribution in [2.75, 3.05) is 13.2 Å². The number of carbonyl (C=O) groups is 3. The molecule has 1 unspecified atom stereocenters. The van der Waals surface area contributed by atoms with Gasteiger partial charge in [-0.2, -0.15) is 0 Å². The summed E-state index contributed by atoms with van der Waals surface area (Å²) >= 11 is 0. The van der Waals surface area contributed by atoms with Crippen LogP contribution in [-0.4, -0.2) is 52.7 Å². The largest absolute Gasteiger partial charge is 0.480 e. The number of nitrogens with one attached hydrogen (secondary N) is 1. The van der Waals surface area contributed by atoms with Gasteiger partial charge in [0.2, 0.25) is 5.91 Å². The fourth-order valence-corrected chi connectivity index (χ4v) is 4.85. The van der Waals surface area contributed by atoms with E-state index in [1.165, 1.54) is 4.90 Å². The zero-order chi connectivity index (χ0) is 22.9. The maximum absolute atomic E-state index is 13.0. The smallest absolute Gasteiger partial charge is 0.407 e. The first-order valence-electron chi connectivity index (χ1n) is 11.0. The fourth-order valence-electron chi connectivity index (χ4n) is 4.85. The molecular weight excluding hydrogens is 408 g/mol. The summed E-state index contributed by atoms with van der Waals surface area (Å²) in [6.07, 6.45) is 0.684. The molecule has 2 N–H and O–H groups in total. The Kier molecular flexibility index (Phi) is 5.91. The molecule has 1 aliphatic heterocycles. The van der Waals surface area contributed by atoms with E-state index in [0.717, 1.165) is 22.3 Å². The number of carboxylic acid groups (broad SMARTS) is 1. The molecule has 4 rings (SSSR count). The lowest BCUT2D eigenvalue weighted by molar-refractivity contribution is -0.156. The second-order valence-corrected chi connectivity index (χ2v) is 8.60. The lowest BCUT2D eigenvalue weighted by atomic mass is 9.98. The van der Waals surface area contributed by atoms with Gasteiger partial charge in [-0.05, 0) is 48.4 Å². The highest BCUT2D eigenvalue weighted by Gasteiger charge is 2.47. The van der Waals surface area contributed by atoms with E-state index >= 15 is 0 Å². The highest BCUT2D eigenvalue weighted by Crippen LogP contribution is 2.44. The molecule has 0 radical (unpaired) electrons. The Balaban J connectivity index is 1.43. The Morgan fingerprint density at radius 1 is 1.12 bits per heavy atom. The maximum Gasteiger partial charge on any atom is 0.407 e. The van der Waals surface area contributed by atoms with E-state index in [9.17, 15) is 19.5 Å². The highest BCUT2D eigenvalue weighted by atomic mass is 16.5. The van der Waals surface area contributed by atoms with E-state index < -0.39 is 23.6 Å². The molecular formula is C25H28N2O5. The molecule has 2 aromatic rings. The Morgan fingerprint density at radius 2 is 1.72 bits per heavy atom. The third-order valence-electron chi connectivity index (χ3n) is 6.71. The predicted molar refractivity (Wildman–Crippen MR) is 119 cm³/mol. The fraction of sp³-hybridized carbons (Fsp3) is 0.400. The number of hydrogen-bond acceptors (Lipinski definition) is 4. The van der Waals surface area contributed by atoms with Crippen LogP contribution in [0.5, 0.6) is 0 Å². The van der Waals surface area contributed by atoms with Gasteiger partial charge in [0, 0.05) is 12.5 Å². The summed E-state index contributed by atoms with van der Waals surface area (Å²) in [7, 11) is 0. The van der Waals surface area contributed by atoms with Crippen molar-refractivity contribution in [1.29, 1.82) is 0 Å². The van der Waals surface area contributed by atoms with Crippen LogP contribution in [0.25, 0.3) is 11.1 Å². The standard InChI is InChI=1S/C25H28N2O5/c1-3-21(22(28)27-14-8-13-25(27,2)23(29)30)26-24(31)32-15-20-18-11-6-4-9-16(18)17-10-5-7-12-19(17)20/h4-7,9-12,20-21H,3,8,13-15H2,1-2H3,(H,26,31)(H,29,30)/t21?,25-/m0/s1. The summed E-state index contributed by atoms with van der Waals surface area (Å²) in [5, 5.41) is 12.2. The van der Waals surface area contributed by atoms with Crippen molar-refractivity contribution in [3.63, 3.8) is 0 Å². The molecule has 0 bridgehead atoms. The van der Waals surface area contributed by atoms with E-state index in [4.69, 9.17) is 4.74 Å². The number of carboxylic acids is 1. The van der Waals surface area contributed by atoms with Gasteiger partial charge < -0.3 is 20.1 Å². The summed E-state index contributed by atoms with van der Waals surface area (Å²) in [5.41, 5.74) is 3.26. The van der Waals surface area contributed by atoms with Crippen LogP contribution in [0.3, 0.4) is 0 Å². The van der Waals surface area contributed by atoms with Crippen molar-refractivity contribution in [1.82, 2.24) is 10.2 Å². The molecule has 0 saturated carbocycles. The van der Waals surface area contributed by atoms with Gasteiger partial charge in [-0.25, -0.2) is 9.59 Å². The van der Waals surface area contributed by atoms with Crippen molar-refractivity contribution >= 4 is 18.0 Å². The van der Waals surface area contributed by atoms with Gasteiger partial charge in [-0.1, -0.05) is 55.5 Å². The second-order valence-electron chi connectivity index (χ2n) is 8.60. The van der Waals surface area contributed by atoms with Crippen molar-refractivity contribution in [2.24, 2.45) is 0 Å². The van der Waals surface area contributed by atoms with Crippen LogP contribution in [0.4, 0.5) is 4.79 Å². The van der Waals surface area contributed by atoms with Gasteiger partial charge in [-0.3, -0.25) is 4.79 Å². The molecule has 1 heterocycles. The number of ether oxygens (including phenoxy) is 1. The number of alkyl carbamates (subject to hydrolysis) is 1. The van der Waals surface area contributed by atoms with Crippen LogP contribution in [-0.2, 0) is 14.3 Å². The number of amides is 2. The maximum atomic E-state index is 13.0. The van der Waals surface area contributed by atoms with Crippen LogP contribution < -0.4 is 5.32 Å². The number of rotatable bonds is 6. The van der Waals surface area contributed by atoms with E-state index in [1.807, 2.05) is 36.4 Å². The minimum Gasteiger partial charge on any atom is -0.480 e. The van der Waals surface area contributed by atoms with Crippen LogP contribution >= 0.6 is 0 Å². The van der Waals surface area contributed by atoms with Gasteiger partial charge in [-0.15, -0.1) is 0 Å². The monoisotopic (exact) mass is 436 g/mol. The Morgan fingerprint density at radius 3 is 2.28 bits per heavy atom. The van der Waals surface area contributed by atoms with Gasteiger partial charge in [0.25, 0.3) is 0 Å². The van der Waals surface area contributed by atoms with Gasteiger partial charge in [0.1, 0.15) is 18.2 Å². The zero-order valence-corrected chi connectivity index (χ0v) is 18.3. The van der Waals surface area contributed by atoms with E-state index in [0.29, 0.717) is 25.8 Å². The number of nitrogens with zero attached hydrogens (tertiary/aromatic N) is 1. The van der Waals surface area contributed by atoms with Crippen molar-refractivity contribution in [3.05, 3.63) is 59.7 Å². The number of hydrogen-bond donors (Lipinski definition) is 2. The topological polar surface area (TPSA) is 95.9 Å². The number of carbonyl (C=O) groups excluding carboxylic acids is 2. The lowest BCUT2D eigenvalue weighted by Crippen LogP contribution is -2.57. The molecule has 168 valence electrons. The SMILES string of the molecule is CCC(NC(=O)OCC1c2ccccc2-c2ccccc21)C(=O)N1CCC[C@@]1(C)C(=O)O. The van der Waals surface area contributed by atoms with Crippen molar-refractivity contribution in [2.45, 2.75) is 50.6 Å². The molecule has 7 heteroatoms. The lowest BCUT2D eigenvalue weighted by Gasteiger charge is -2.33. The predicted octanol–water partition coefficient (Wildman–Crippen LogP) is 3.77. The second kappa shape index (κ2) is 8.65. The summed E-state index contributed by atoms with van der Waals surface area (Å²) in [6.45, 7) is 3.85. The van der Waals surface area contributed by atoms with E-state index in [2.05, 4.69) is 17.4 Å². The zero-order valence-electron chi connectivity index (χ0n) is 18.3. The van der Waals surface area contributed by atoms with Crippen LogP contribution in [0.2, 0.25) is 0 Å². The van der Waals surface area contributed by atoms with Crippen molar-refractivity contribution in [3.8, 4) is 11.1 Å². The van der Waals surface area contributed by atoms with Crippen LogP contribution in [0.1, 0.15) is 50.2 Å². The Labute approximate surface area is 187 Å². The van der Waals surface area contributed by atoms with Gasteiger partial charge in [0.05, 0.1) is 0 Å².